The number of hydrogen-bond donors (Lipinski definition) is 1. The number of thioether (sulfide) groups is 1. The van der Waals surface area contributed by atoms with Gasteiger partial charge in [-0.05, 0) is 50.5 Å². The molecule has 1 N–H and O–H groups in total. The average Bonchev–Trinajstić information content (AvgIpc) is 2.68. The molecule has 146 valence electrons. The number of fused-ring (bicyclic) bond motifs is 1. The Morgan fingerprint density at radius 2 is 1.82 bits per heavy atom. The van der Waals surface area contributed by atoms with Gasteiger partial charge < -0.3 is 5.32 Å². The fraction of sp³-hybridized carbons (Fsp3) is 0.318. The van der Waals surface area contributed by atoms with E-state index in [9.17, 15) is 9.59 Å². The first-order valence-electron chi connectivity index (χ1n) is 9.46. The van der Waals surface area contributed by atoms with Gasteiger partial charge in [0.15, 0.2) is 5.16 Å². The summed E-state index contributed by atoms with van der Waals surface area (Å²) in [6.45, 7) is 8.46. The summed E-state index contributed by atoms with van der Waals surface area (Å²) in [6, 6.07) is 13.3. The molecule has 0 saturated carbocycles. The highest BCUT2D eigenvalue weighted by Crippen LogP contribution is 2.27. The van der Waals surface area contributed by atoms with Crippen LogP contribution in [0.4, 0.5) is 0 Å². The molecule has 0 saturated heterocycles. The summed E-state index contributed by atoms with van der Waals surface area (Å²) in [5, 5.41) is 3.64. The standard InChI is InChI=1S/C22H25N3O2S/c1-5-13-23-20(26)16(4)28-22-24-18-12-7-6-11-17(18)21(27)25(22)19-14(2)9-8-10-15(19)3/h6-12,16H,5,13H2,1-4H3,(H,23,26). The van der Waals surface area contributed by atoms with Crippen LogP contribution in [0.25, 0.3) is 16.6 Å². The molecule has 0 radical (unpaired) electrons. The highest BCUT2D eigenvalue weighted by atomic mass is 32.2. The summed E-state index contributed by atoms with van der Waals surface area (Å²) >= 11 is 1.31. The largest absolute Gasteiger partial charge is 0.355 e. The summed E-state index contributed by atoms with van der Waals surface area (Å²) in [5.41, 5.74) is 3.33. The molecular formula is C22H25N3O2S. The van der Waals surface area contributed by atoms with E-state index < -0.39 is 0 Å². The van der Waals surface area contributed by atoms with Gasteiger partial charge in [0.25, 0.3) is 5.56 Å². The van der Waals surface area contributed by atoms with Gasteiger partial charge in [-0.25, -0.2) is 4.98 Å². The van der Waals surface area contributed by atoms with Crippen LogP contribution >= 0.6 is 11.8 Å². The molecular weight excluding hydrogens is 370 g/mol. The topological polar surface area (TPSA) is 64.0 Å². The number of nitrogens with one attached hydrogen (secondary N) is 1. The highest BCUT2D eigenvalue weighted by molar-refractivity contribution is 8.00. The summed E-state index contributed by atoms with van der Waals surface area (Å²) in [6.07, 6.45) is 0.879. The van der Waals surface area contributed by atoms with E-state index in [1.807, 2.05) is 64.1 Å². The molecule has 6 heteroatoms. The summed E-state index contributed by atoms with van der Waals surface area (Å²) in [4.78, 5) is 30.5. The van der Waals surface area contributed by atoms with Gasteiger partial charge in [-0.2, -0.15) is 0 Å². The SMILES string of the molecule is CCCNC(=O)C(C)Sc1nc2ccccc2c(=O)n1-c1c(C)cccc1C. The first-order valence-corrected chi connectivity index (χ1v) is 10.3. The van der Waals surface area contributed by atoms with E-state index >= 15 is 0 Å². The number of aromatic nitrogens is 2. The van der Waals surface area contributed by atoms with E-state index in [2.05, 4.69) is 5.32 Å². The first-order chi connectivity index (χ1) is 13.4. The summed E-state index contributed by atoms with van der Waals surface area (Å²) in [5.74, 6) is -0.0534. The molecule has 1 unspecified atom stereocenters. The molecule has 28 heavy (non-hydrogen) atoms. The normalized spacial score (nSPS) is 12.1. The Labute approximate surface area is 169 Å². The lowest BCUT2D eigenvalue weighted by Crippen LogP contribution is -2.32. The molecule has 0 aliphatic carbocycles. The minimum atomic E-state index is -0.366. The van der Waals surface area contributed by atoms with Gasteiger partial charge in [0.05, 0.1) is 21.8 Å². The monoisotopic (exact) mass is 395 g/mol. The van der Waals surface area contributed by atoms with Crippen molar-refractivity contribution < 1.29 is 4.79 Å². The minimum Gasteiger partial charge on any atom is -0.355 e. The second-order valence-electron chi connectivity index (χ2n) is 6.84. The van der Waals surface area contributed by atoms with Crippen molar-refractivity contribution >= 4 is 28.6 Å². The fourth-order valence-electron chi connectivity index (χ4n) is 3.15. The van der Waals surface area contributed by atoms with Crippen molar-refractivity contribution in [2.24, 2.45) is 0 Å². The molecule has 0 bridgehead atoms. The second kappa shape index (κ2) is 8.61. The lowest BCUT2D eigenvalue weighted by atomic mass is 10.1. The Bertz CT molecular complexity index is 1050. The van der Waals surface area contributed by atoms with Gasteiger partial charge in [-0.15, -0.1) is 0 Å². The van der Waals surface area contributed by atoms with Crippen molar-refractivity contribution in [2.75, 3.05) is 6.54 Å². The van der Waals surface area contributed by atoms with Crippen molar-refractivity contribution in [3.8, 4) is 5.69 Å². The minimum absolute atomic E-state index is 0.0534. The smallest absolute Gasteiger partial charge is 0.266 e. The van der Waals surface area contributed by atoms with Crippen LogP contribution in [0.15, 0.2) is 52.4 Å². The van der Waals surface area contributed by atoms with E-state index in [0.717, 1.165) is 23.2 Å². The third kappa shape index (κ3) is 3.97. The maximum atomic E-state index is 13.4. The summed E-state index contributed by atoms with van der Waals surface area (Å²) in [7, 11) is 0. The number of hydrogen-bond acceptors (Lipinski definition) is 4. The van der Waals surface area contributed by atoms with E-state index in [1.54, 1.807) is 10.6 Å². The van der Waals surface area contributed by atoms with Crippen LogP contribution in [0.2, 0.25) is 0 Å². The zero-order valence-corrected chi connectivity index (χ0v) is 17.5. The van der Waals surface area contributed by atoms with Crippen LogP contribution in [0.3, 0.4) is 0 Å². The highest BCUT2D eigenvalue weighted by Gasteiger charge is 2.21. The number of amides is 1. The van der Waals surface area contributed by atoms with Gasteiger partial charge in [0.1, 0.15) is 0 Å². The molecule has 0 aliphatic heterocycles. The Morgan fingerprint density at radius 1 is 1.14 bits per heavy atom. The third-order valence-electron chi connectivity index (χ3n) is 4.61. The number of nitrogens with zero attached hydrogens (tertiary/aromatic N) is 2. The van der Waals surface area contributed by atoms with Crippen molar-refractivity contribution in [1.29, 1.82) is 0 Å². The molecule has 3 aromatic rings. The third-order valence-corrected chi connectivity index (χ3v) is 5.66. The number of carbonyl (C=O) groups excluding carboxylic acids is 1. The number of aryl methyl sites for hydroxylation is 2. The van der Waals surface area contributed by atoms with Crippen LogP contribution < -0.4 is 10.9 Å². The van der Waals surface area contributed by atoms with Gasteiger partial charge >= 0.3 is 0 Å². The van der Waals surface area contributed by atoms with E-state index in [1.165, 1.54) is 11.8 Å². The molecule has 5 nitrogen and oxygen atoms in total. The quantitative estimate of drug-likeness (QED) is 0.506. The number of carbonyl (C=O) groups is 1. The molecule has 0 fully saturated rings. The number of para-hydroxylation sites is 2. The van der Waals surface area contributed by atoms with Crippen molar-refractivity contribution in [1.82, 2.24) is 14.9 Å². The zero-order chi connectivity index (χ0) is 20.3. The van der Waals surface area contributed by atoms with Gasteiger partial charge in [0.2, 0.25) is 5.91 Å². The molecule has 1 atom stereocenters. The molecule has 1 amide bonds. The van der Waals surface area contributed by atoms with Crippen LogP contribution in [0.1, 0.15) is 31.4 Å². The second-order valence-corrected chi connectivity index (χ2v) is 8.15. The van der Waals surface area contributed by atoms with E-state index in [-0.39, 0.29) is 16.7 Å². The Hall–Kier alpha value is -2.60. The van der Waals surface area contributed by atoms with Crippen molar-refractivity contribution in [2.45, 2.75) is 44.5 Å². The predicted octanol–water partition coefficient (Wildman–Crippen LogP) is 4.01. The molecule has 1 heterocycles. The van der Waals surface area contributed by atoms with Gasteiger partial charge in [-0.1, -0.05) is 49.0 Å². The van der Waals surface area contributed by atoms with Crippen LogP contribution in [0, 0.1) is 13.8 Å². The molecule has 0 spiro atoms. The van der Waals surface area contributed by atoms with E-state index in [0.29, 0.717) is 22.6 Å². The Kier molecular flexibility index (Phi) is 6.19. The lowest BCUT2D eigenvalue weighted by molar-refractivity contribution is -0.120. The predicted molar refractivity (Wildman–Crippen MR) is 115 cm³/mol. The first kappa shape index (κ1) is 20.1. The maximum Gasteiger partial charge on any atom is 0.266 e. The van der Waals surface area contributed by atoms with Gasteiger partial charge in [-0.3, -0.25) is 14.2 Å². The fourth-order valence-corrected chi connectivity index (χ4v) is 4.09. The summed E-state index contributed by atoms with van der Waals surface area (Å²) < 4.78 is 1.65. The van der Waals surface area contributed by atoms with Gasteiger partial charge in [0, 0.05) is 6.54 Å². The number of rotatable bonds is 6. The molecule has 2 aromatic carbocycles. The molecule has 3 rings (SSSR count). The Morgan fingerprint density at radius 3 is 2.50 bits per heavy atom. The molecule has 0 aliphatic rings. The van der Waals surface area contributed by atoms with Crippen LogP contribution in [-0.2, 0) is 4.79 Å². The van der Waals surface area contributed by atoms with E-state index in [4.69, 9.17) is 4.98 Å². The van der Waals surface area contributed by atoms with Crippen molar-refractivity contribution in [3.63, 3.8) is 0 Å². The maximum absolute atomic E-state index is 13.4. The lowest BCUT2D eigenvalue weighted by Gasteiger charge is -2.19. The van der Waals surface area contributed by atoms with Crippen molar-refractivity contribution in [3.05, 3.63) is 63.9 Å². The Balaban J connectivity index is 2.18. The number of benzene rings is 2. The molecule has 1 aromatic heterocycles. The average molecular weight is 396 g/mol. The van der Waals surface area contributed by atoms with Crippen LogP contribution in [0.5, 0.6) is 0 Å². The van der Waals surface area contributed by atoms with Crippen LogP contribution in [-0.4, -0.2) is 27.3 Å². The zero-order valence-electron chi connectivity index (χ0n) is 16.7.